The maximum Gasteiger partial charge on any atom is 0.162 e. The largest absolute Gasteiger partial charge is 0.504 e. The molecule has 2 aromatic carbocycles. The lowest BCUT2D eigenvalue weighted by molar-refractivity contribution is 0.316. The van der Waals surface area contributed by atoms with Crippen LogP contribution in [0.15, 0.2) is 42.5 Å². The summed E-state index contributed by atoms with van der Waals surface area (Å²) in [4.78, 5) is 0. The third kappa shape index (κ3) is 2.88. The summed E-state index contributed by atoms with van der Waals surface area (Å²) in [6.45, 7) is 3.12. The zero-order chi connectivity index (χ0) is 14.7. The molecule has 0 spiro atoms. The van der Waals surface area contributed by atoms with Gasteiger partial charge in [-0.05, 0) is 37.0 Å². The molecule has 1 atom stereocenters. The van der Waals surface area contributed by atoms with Crippen LogP contribution < -0.4 is 10.1 Å². The van der Waals surface area contributed by atoms with E-state index in [1.807, 2.05) is 19.1 Å². The van der Waals surface area contributed by atoms with Crippen LogP contribution in [-0.2, 0) is 13.0 Å². The quantitative estimate of drug-likeness (QED) is 0.881. The first-order valence-electron chi connectivity index (χ1n) is 7.54. The Hall–Kier alpha value is -2.00. The lowest BCUT2D eigenvalue weighted by atomic mass is 10.1. The first kappa shape index (κ1) is 14.0. The summed E-state index contributed by atoms with van der Waals surface area (Å²) in [5, 5.41) is 13.8. The van der Waals surface area contributed by atoms with Crippen LogP contribution in [0.4, 0.5) is 0 Å². The molecule has 0 saturated heterocycles. The fourth-order valence-electron chi connectivity index (χ4n) is 2.98. The van der Waals surface area contributed by atoms with Gasteiger partial charge in [-0.2, -0.15) is 0 Å². The molecule has 0 radical (unpaired) electrons. The molecule has 3 nitrogen and oxygen atoms in total. The molecule has 0 amide bonds. The summed E-state index contributed by atoms with van der Waals surface area (Å²) < 4.78 is 5.43. The average Bonchev–Trinajstić information content (AvgIpc) is 2.92. The molecule has 2 aromatic rings. The number of benzene rings is 2. The number of ether oxygens (including phenoxy) is 1. The SMILES string of the molecule is CCOc1cccc(CNC2CCc3ccccc32)c1O. The van der Waals surface area contributed by atoms with Crippen LogP contribution in [-0.4, -0.2) is 11.7 Å². The van der Waals surface area contributed by atoms with Crippen LogP contribution in [0, 0.1) is 0 Å². The molecule has 1 unspecified atom stereocenters. The Morgan fingerprint density at radius 1 is 1.19 bits per heavy atom. The molecule has 0 aliphatic heterocycles. The number of aryl methyl sites for hydroxylation is 1. The zero-order valence-electron chi connectivity index (χ0n) is 12.3. The van der Waals surface area contributed by atoms with E-state index in [2.05, 4.69) is 29.6 Å². The van der Waals surface area contributed by atoms with Gasteiger partial charge in [-0.15, -0.1) is 0 Å². The van der Waals surface area contributed by atoms with E-state index in [9.17, 15) is 5.11 Å². The Morgan fingerprint density at radius 2 is 2.05 bits per heavy atom. The smallest absolute Gasteiger partial charge is 0.162 e. The lowest BCUT2D eigenvalue weighted by Crippen LogP contribution is -2.18. The number of hydrogen-bond donors (Lipinski definition) is 2. The second kappa shape index (κ2) is 6.19. The van der Waals surface area contributed by atoms with E-state index in [-0.39, 0.29) is 5.75 Å². The highest BCUT2D eigenvalue weighted by molar-refractivity contribution is 5.45. The topological polar surface area (TPSA) is 41.5 Å². The summed E-state index contributed by atoms with van der Waals surface area (Å²) in [5.74, 6) is 0.807. The van der Waals surface area contributed by atoms with E-state index in [0.717, 1.165) is 18.4 Å². The van der Waals surface area contributed by atoms with Crippen molar-refractivity contribution < 1.29 is 9.84 Å². The Bertz CT molecular complexity index is 624. The molecular weight excluding hydrogens is 262 g/mol. The van der Waals surface area contributed by atoms with Gasteiger partial charge >= 0.3 is 0 Å². The number of phenols is 1. The van der Waals surface area contributed by atoms with E-state index in [1.54, 1.807) is 6.07 Å². The second-order valence-electron chi connectivity index (χ2n) is 5.37. The van der Waals surface area contributed by atoms with E-state index in [4.69, 9.17) is 4.74 Å². The number of aromatic hydroxyl groups is 1. The van der Waals surface area contributed by atoms with E-state index < -0.39 is 0 Å². The minimum atomic E-state index is 0.248. The first-order chi connectivity index (χ1) is 10.3. The van der Waals surface area contributed by atoms with Gasteiger partial charge < -0.3 is 15.2 Å². The number of nitrogens with one attached hydrogen (secondary N) is 1. The molecule has 0 bridgehead atoms. The molecule has 21 heavy (non-hydrogen) atoms. The van der Waals surface area contributed by atoms with Crippen LogP contribution in [0.5, 0.6) is 11.5 Å². The molecule has 0 aromatic heterocycles. The summed E-state index contributed by atoms with van der Waals surface area (Å²) in [7, 11) is 0. The highest BCUT2D eigenvalue weighted by Crippen LogP contribution is 2.33. The predicted octanol–water partition coefficient (Wildman–Crippen LogP) is 3.57. The van der Waals surface area contributed by atoms with Crippen molar-refractivity contribution in [2.24, 2.45) is 0 Å². The lowest BCUT2D eigenvalue weighted by Gasteiger charge is -2.16. The minimum Gasteiger partial charge on any atom is -0.504 e. The summed E-state index contributed by atoms with van der Waals surface area (Å²) in [5.41, 5.74) is 3.70. The molecule has 110 valence electrons. The molecular formula is C18H21NO2. The fourth-order valence-corrected chi connectivity index (χ4v) is 2.98. The number of fused-ring (bicyclic) bond motifs is 1. The van der Waals surface area contributed by atoms with E-state index in [1.165, 1.54) is 11.1 Å². The minimum absolute atomic E-state index is 0.248. The van der Waals surface area contributed by atoms with Crippen molar-refractivity contribution in [3.63, 3.8) is 0 Å². The van der Waals surface area contributed by atoms with Crippen molar-refractivity contribution in [3.05, 3.63) is 59.2 Å². The van der Waals surface area contributed by atoms with Gasteiger partial charge in [0.25, 0.3) is 0 Å². The number of rotatable bonds is 5. The standard InChI is InChI=1S/C18H21NO2/c1-2-21-17-9-5-7-14(18(17)20)12-19-16-11-10-13-6-3-4-8-15(13)16/h3-9,16,19-20H,2,10-12H2,1H3. The van der Waals surface area contributed by atoms with Gasteiger partial charge in [-0.25, -0.2) is 0 Å². The van der Waals surface area contributed by atoms with Crippen LogP contribution in [0.3, 0.4) is 0 Å². The van der Waals surface area contributed by atoms with Crippen LogP contribution in [0.2, 0.25) is 0 Å². The molecule has 3 heteroatoms. The molecule has 1 aliphatic rings. The van der Waals surface area contributed by atoms with Crippen molar-refractivity contribution in [1.82, 2.24) is 5.32 Å². The Kier molecular flexibility index (Phi) is 4.11. The van der Waals surface area contributed by atoms with Gasteiger partial charge in [-0.1, -0.05) is 36.4 Å². The van der Waals surface area contributed by atoms with Crippen molar-refractivity contribution in [2.75, 3.05) is 6.61 Å². The van der Waals surface area contributed by atoms with E-state index in [0.29, 0.717) is 24.9 Å². The van der Waals surface area contributed by atoms with Crippen LogP contribution in [0.25, 0.3) is 0 Å². The van der Waals surface area contributed by atoms with Crippen molar-refractivity contribution >= 4 is 0 Å². The van der Waals surface area contributed by atoms with Crippen molar-refractivity contribution in [1.29, 1.82) is 0 Å². The third-order valence-corrected chi connectivity index (χ3v) is 4.05. The Morgan fingerprint density at radius 3 is 2.90 bits per heavy atom. The summed E-state index contributed by atoms with van der Waals surface area (Å²) in [6, 6.07) is 14.6. The van der Waals surface area contributed by atoms with Gasteiger partial charge in [0.1, 0.15) is 0 Å². The molecule has 0 saturated carbocycles. The number of para-hydroxylation sites is 1. The predicted molar refractivity (Wildman–Crippen MR) is 83.6 cm³/mol. The van der Waals surface area contributed by atoms with Crippen molar-refractivity contribution in [2.45, 2.75) is 32.4 Å². The molecule has 0 fully saturated rings. The van der Waals surface area contributed by atoms with Gasteiger partial charge in [0.2, 0.25) is 0 Å². The highest BCUT2D eigenvalue weighted by Gasteiger charge is 2.21. The zero-order valence-corrected chi connectivity index (χ0v) is 12.3. The monoisotopic (exact) mass is 283 g/mol. The number of phenolic OH excluding ortho intramolecular Hbond substituents is 1. The molecule has 3 rings (SSSR count). The number of hydrogen-bond acceptors (Lipinski definition) is 3. The van der Waals surface area contributed by atoms with Crippen LogP contribution >= 0.6 is 0 Å². The maximum atomic E-state index is 10.2. The van der Waals surface area contributed by atoms with Crippen molar-refractivity contribution in [3.8, 4) is 11.5 Å². The summed E-state index contributed by atoms with van der Waals surface area (Å²) >= 11 is 0. The molecule has 2 N–H and O–H groups in total. The van der Waals surface area contributed by atoms with Crippen LogP contribution in [0.1, 0.15) is 36.1 Å². The van der Waals surface area contributed by atoms with Gasteiger partial charge in [-0.3, -0.25) is 0 Å². The Balaban J connectivity index is 1.70. The van der Waals surface area contributed by atoms with Gasteiger partial charge in [0, 0.05) is 18.2 Å². The fraction of sp³-hybridized carbons (Fsp3) is 0.333. The van der Waals surface area contributed by atoms with Gasteiger partial charge in [0.05, 0.1) is 6.61 Å². The highest BCUT2D eigenvalue weighted by atomic mass is 16.5. The third-order valence-electron chi connectivity index (χ3n) is 4.05. The second-order valence-corrected chi connectivity index (χ2v) is 5.37. The van der Waals surface area contributed by atoms with E-state index >= 15 is 0 Å². The molecule has 0 heterocycles. The normalized spacial score (nSPS) is 16.7. The summed E-state index contributed by atoms with van der Waals surface area (Å²) in [6.07, 6.45) is 2.24. The van der Waals surface area contributed by atoms with Gasteiger partial charge in [0.15, 0.2) is 11.5 Å². The average molecular weight is 283 g/mol. The molecule has 1 aliphatic carbocycles. The Labute approximate surface area is 125 Å². The first-order valence-corrected chi connectivity index (χ1v) is 7.54. The maximum absolute atomic E-state index is 10.2.